The smallest absolute Gasteiger partial charge is 0.274 e. The molecule has 1 heterocycles. The zero-order chi connectivity index (χ0) is 18.0. The van der Waals surface area contributed by atoms with Gasteiger partial charge in [0.15, 0.2) is 0 Å². The van der Waals surface area contributed by atoms with E-state index in [9.17, 15) is 14.9 Å². The van der Waals surface area contributed by atoms with Gasteiger partial charge in [-0.1, -0.05) is 36.4 Å². The number of rotatable bonds is 4. The SMILES string of the molecule is Cc1ccc(NC(=O)c2sc(-c3ccccc3)nc2C)cc1[N+](=O)[O-]. The molecule has 3 rings (SSSR count). The lowest BCUT2D eigenvalue weighted by Gasteiger charge is -2.05. The highest BCUT2D eigenvalue weighted by atomic mass is 32.1. The Kier molecular flexibility index (Phi) is 4.58. The molecule has 1 amide bonds. The second-order valence-corrected chi connectivity index (χ2v) is 6.51. The quantitative estimate of drug-likeness (QED) is 0.549. The van der Waals surface area contributed by atoms with Crippen molar-refractivity contribution in [3.8, 4) is 10.6 Å². The number of benzene rings is 2. The zero-order valence-corrected chi connectivity index (χ0v) is 14.5. The first-order valence-corrected chi connectivity index (χ1v) is 8.36. The minimum absolute atomic E-state index is 0.0243. The highest BCUT2D eigenvalue weighted by molar-refractivity contribution is 7.17. The average molecular weight is 353 g/mol. The number of carbonyl (C=O) groups excluding carboxylic acids is 1. The van der Waals surface area contributed by atoms with Crippen LogP contribution >= 0.6 is 11.3 Å². The van der Waals surface area contributed by atoms with Crippen LogP contribution in [0.4, 0.5) is 11.4 Å². The van der Waals surface area contributed by atoms with E-state index in [0.717, 1.165) is 10.6 Å². The Labute approximate surface area is 148 Å². The number of nitrogens with one attached hydrogen (secondary N) is 1. The molecule has 0 radical (unpaired) electrons. The normalized spacial score (nSPS) is 10.5. The van der Waals surface area contributed by atoms with E-state index in [1.807, 2.05) is 30.3 Å². The molecule has 0 aliphatic rings. The Morgan fingerprint density at radius 1 is 1.16 bits per heavy atom. The third kappa shape index (κ3) is 3.56. The summed E-state index contributed by atoms with van der Waals surface area (Å²) in [5.41, 5.74) is 2.48. The first-order chi connectivity index (χ1) is 12.0. The largest absolute Gasteiger partial charge is 0.321 e. The van der Waals surface area contributed by atoms with Crippen LogP contribution in [0.3, 0.4) is 0 Å². The molecule has 0 bridgehead atoms. The number of anilines is 1. The van der Waals surface area contributed by atoms with Crippen molar-refractivity contribution >= 4 is 28.6 Å². The van der Waals surface area contributed by atoms with Crippen LogP contribution in [0, 0.1) is 24.0 Å². The van der Waals surface area contributed by atoms with Gasteiger partial charge in [0.1, 0.15) is 9.88 Å². The lowest BCUT2D eigenvalue weighted by Crippen LogP contribution is -2.11. The van der Waals surface area contributed by atoms with E-state index in [2.05, 4.69) is 10.3 Å². The molecule has 2 aromatic carbocycles. The maximum Gasteiger partial charge on any atom is 0.274 e. The highest BCUT2D eigenvalue weighted by Gasteiger charge is 2.18. The first kappa shape index (κ1) is 16.8. The van der Waals surface area contributed by atoms with Crippen LogP contribution in [-0.4, -0.2) is 15.8 Å². The Morgan fingerprint density at radius 3 is 2.56 bits per heavy atom. The molecule has 0 aliphatic heterocycles. The Morgan fingerprint density at radius 2 is 1.88 bits per heavy atom. The van der Waals surface area contributed by atoms with Crippen LogP contribution in [0.25, 0.3) is 10.6 Å². The first-order valence-electron chi connectivity index (χ1n) is 7.55. The van der Waals surface area contributed by atoms with E-state index >= 15 is 0 Å². The number of hydrogen-bond acceptors (Lipinski definition) is 5. The molecule has 0 unspecified atom stereocenters. The van der Waals surface area contributed by atoms with E-state index in [0.29, 0.717) is 21.8 Å². The molecule has 0 fully saturated rings. The summed E-state index contributed by atoms with van der Waals surface area (Å²) in [7, 11) is 0. The summed E-state index contributed by atoms with van der Waals surface area (Å²) in [6, 6.07) is 14.2. The fourth-order valence-corrected chi connectivity index (χ4v) is 3.35. The van der Waals surface area contributed by atoms with Gasteiger partial charge in [0.25, 0.3) is 11.6 Å². The van der Waals surface area contributed by atoms with Gasteiger partial charge in [-0.25, -0.2) is 4.98 Å². The van der Waals surface area contributed by atoms with Gasteiger partial charge in [-0.2, -0.15) is 0 Å². The van der Waals surface area contributed by atoms with E-state index in [1.54, 1.807) is 26.0 Å². The van der Waals surface area contributed by atoms with Crippen LogP contribution in [0.1, 0.15) is 20.9 Å². The summed E-state index contributed by atoms with van der Waals surface area (Å²) in [6.07, 6.45) is 0. The molecule has 126 valence electrons. The number of amides is 1. The van der Waals surface area contributed by atoms with E-state index < -0.39 is 4.92 Å². The molecule has 1 N–H and O–H groups in total. The van der Waals surface area contributed by atoms with Crippen LogP contribution in [0.2, 0.25) is 0 Å². The van der Waals surface area contributed by atoms with Gasteiger partial charge < -0.3 is 5.32 Å². The third-order valence-electron chi connectivity index (χ3n) is 3.69. The number of nitro groups is 1. The topological polar surface area (TPSA) is 85.1 Å². The van der Waals surface area contributed by atoms with Crippen molar-refractivity contribution in [2.24, 2.45) is 0 Å². The summed E-state index contributed by atoms with van der Waals surface area (Å²) < 4.78 is 0. The molecule has 0 saturated heterocycles. The predicted octanol–water partition coefficient (Wildman–Crippen LogP) is 4.59. The molecule has 6 nitrogen and oxygen atoms in total. The maximum absolute atomic E-state index is 12.5. The van der Waals surface area contributed by atoms with Crippen molar-refractivity contribution in [3.05, 3.63) is 74.8 Å². The predicted molar refractivity (Wildman–Crippen MR) is 98.1 cm³/mol. The number of nitro benzene ring substituents is 1. The lowest BCUT2D eigenvalue weighted by molar-refractivity contribution is -0.385. The molecular formula is C18H15N3O3S. The number of nitrogens with zero attached hydrogens (tertiary/aromatic N) is 2. The number of hydrogen-bond donors (Lipinski definition) is 1. The molecule has 0 aliphatic carbocycles. The number of carbonyl (C=O) groups is 1. The van der Waals surface area contributed by atoms with Crippen molar-refractivity contribution in [2.75, 3.05) is 5.32 Å². The van der Waals surface area contributed by atoms with Gasteiger partial charge in [0.2, 0.25) is 0 Å². The van der Waals surface area contributed by atoms with Crippen LogP contribution in [-0.2, 0) is 0 Å². The highest BCUT2D eigenvalue weighted by Crippen LogP contribution is 2.29. The minimum atomic E-state index is -0.462. The van der Waals surface area contributed by atoms with Gasteiger partial charge in [0.05, 0.1) is 10.6 Å². The Balaban J connectivity index is 1.86. The maximum atomic E-state index is 12.5. The van der Waals surface area contributed by atoms with E-state index in [4.69, 9.17) is 0 Å². The van der Waals surface area contributed by atoms with Crippen molar-refractivity contribution in [3.63, 3.8) is 0 Å². The van der Waals surface area contributed by atoms with E-state index in [1.165, 1.54) is 17.4 Å². The fraction of sp³-hybridized carbons (Fsp3) is 0.111. The molecular weight excluding hydrogens is 338 g/mol. The molecule has 7 heteroatoms. The van der Waals surface area contributed by atoms with Crippen molar-refractivity contribution < 1.29 is 9.72 Å². The molecule has 0 atom stereocenters. The molecule has 0 saturated carbocycles. The molecule has 1 aromatic heterocycles. The van der Waals surface area contributed by atoms with Crippen molar-refractivity contribution in [2.45, 2.75) is 13.8 Å². The summed E-state index contributed by atoms with van der Waals surface area (Å²) in [5.74, 6) is -0.324. The van der Waals surface area contributed by atoms with Gasteiger partial charge >= 0.3 is 0 Å². The van der Waals surface area contributed by atoms with Crippen LogP contribution in [0.5, 0.6) is 0 Å². The average Bonchev–Trinajstić information content (AvgIpc) is 2.99. The molecule has 3 aromatic rings. The Hall–Kier alpha value is -3.06. The minimum Gasteiger partial charge on any atom is -0.321 e. The monoisotopic (exact) mass is 353 g/mol. The molecule has 0 spiro atoms. The summed E-state index contributed by atoms with van der Waals surface area (Å²) >= 11 is 1.30. The van der Waals surface area contributed by atoms with Gasteiger partial charge in [-0.15, -0.1) is 11.3 Å². The number of aryl methyl sites for hydroxylation is 2. The number of aromatic nitrogens is 1. The summed E-state index contributed by atoms with van der Waals surface area (Å²) in [4.78, 5) is 28.0. The lowest BCUT2D eigenvalue weighted by atomic mass is 10.2. The fourth-order valence-electron chi connectivity index (χ4n) is 2.38. The summed E-state index contributed by atoms with van der Waals surface area (Å²) in [5, 5.41) is 14.5. The Bertz CT molecular complexity index is 951. The standard InChI is InChI=1S/C18H15N3O3S/c1-11-8-9-14(10-15(11)21(23)24)20-17(22)16-12(2)19-18(25-16)13-6-4-3-5-7-13/h3-10H,1-2H3,(H,20,22). The van der Waals surface area contributed by atoms with Crippen molar-refractivity contribution in [1.29, 1.82) is 0 Å². The molecule has 25 heavy (non-hydrogen) atoms. The van der Waals surface area contributed by atoms with Crippen LogP contribution in [0.15, 0.2) is 48.5 Å². The zero-order valence-electron chi connectivity index (χ0n) is 13.6. The third-order valence-corrected chi connectivity index (χ3v) is 4.89. The van der Waals surface area contributed by atoms with Crippen LogP contribution < -0.4 is 5.32 Å². The van der Waals surface area contributed by atoms with Gasteiger partial charge in [-0.3, -0.25) is 14.9 Å². The van der Waals surface area contributed by atoms with Gasteiger partial charge in [0, 0.05) is 22.9 Å². The van der Waals surface area contributed by atoms with Gasteiger partial charge in [-0.05, 0) is 19.9 Å². The second-order valence-electron chi connectivity index (χ2n) is 5.51. The van der Waals surface area contributed by atoms with E-state index in [-0.39, 0.29) is 11.6 Å². The second kappa shape index (κ2) is 6.82. The van der Waals surface area contributed by atoms with Crippen molar-refractivity contribution in [1.82, 2.24) is 4.98 Å². The summed E-state index contributed by atoms with van der Waals surface area (Å²) in [6.45, 7) is 3.43. The number of thiazole rings is 1.